The Kier molecular flexibility index (Phi) is 7.22. The first-order valence-corrected chi connectivity index (χ1v) is 15.6. The van der Waals surface area contributed by atoms with Gasteiger partial charge in [-0.2, -0.15) is 0 Å². The quantitative estimate of drug-likeness (QED) is 0.184. The van der Waals surface area contributed by atoms with E-state index >= 15 is 0 Å². The van der Waals surface area contributed by atoms with Crippen molar-refractivity contribution in [2.24, 2.45) is 0 Å². The van der Waals surface area contributed by atoms with Crippen molar-refractivity contribution in [3.8, 4) is 44.7 Å². The molecule has 0 bridgehead atoms. The smallest absolute Gasteiger partial charge is 0.143 e. The molecule has 8 aromatic rings. The maximum Gasteiger partial charge on any atom is 0.143 e. The van der Waals surface area contributed by atoms with E-state index in [1.807, 2.05) is 12.1 Å². The van der Waals surface area contributed by atoms with E-state index in [-0.39, 0.29) is 0 Å². The number of hydrogen-bond donors (Lipinski definition) is 0. The largest absolute Gasteiger partial charge is 0.455 e. The molecular formula is C44H31NO. The number of benzene rings is 7. The molecule has 1 aromatic heterocycles. The first-order chi connectivity index (χ1) is 22.8. The Morgan fingerprint density at radius 1 is 0.370 bits per heavy atom. The van der Waals surface area contributed by atoms with E-state index in [9.17, 15) is 0 Å². The van der Waals surface area contributed by atoms with Crippen molar-refractivity contribution >= 4 is 28.0 Å². The van der Waals surface area contributed by atoms with Gasteiger partial charge in [-0.15, -0.1) is 0 Å². The molecule has 0 aliphatic carbocycles. The van der Waals surface area contributed by atoms with Crippen molar-refractivity contribution in [3.05, 3.63) is 188 Å². The topological polar surface area (TPSA) is 16.4 Å². The molecular weight excluding hydrogens is 558 g/mol. The third kappa shape index (κ3) is 5.16. The molecule has 218 valence electrons. The number of anilines is 3. The highest BCUT2D eigenvalue weighted by atomic mass is 16.3. The first-order valence-electron chi connectivity index (χ1n) is 15.6. The predicted octanol–water partition coefficient (Wildman–Crippen LogP) is 12.6. The molecule has 0 spiro atoms. The van der Waals surface area contributed by atoms with Crippen LogP contribution in [0.1, 0.15) is 0 Å². The Balaban J connectivity index is 1.20. The molecule has 0 atom stereocenters. The van der Waals surface area contributed by atoms with Crippen molar-refractivity contribution in [3.63, 3.8) is 0 Å². The third-order valence-corrected chi connectivity index (χ3v) is 8.49. The summed E-state index contributed by atoms with van der Waals surface area (Å²) in [5.41, 5.74) is 12.2. The van der Waals surface area contributed by atoms with Crippen molar-refractivity contribution < 1.29 is 4.42 Å². The molecule has 0 amide bonds. The normalized spacial score (nSPS) is 11.0. The molecule has 0 saturated heterocycles. The number of rotatable bonds is 7. The van der Waals surface area contributed by atoms with E-state index in [1.165, 1.54) is 11.1 Å². The summed E-state index contributed by atoms with van der Waals surface area (Å²) in [7, 11) is 0. The van der Waals surface area contributed by atoms with Gasteiger partial charge in [0.05, 0.1) is 5.69 Å². The highest BCUT2D eigenvalue weighted by molar-refractivity contribution is 6.02. The maximum atomic E-state index is 6.52. The number of furan rings is 1. The lowest BCUT2D eigenvalue weighted by molar-refractivity contribution is 0.632. The number of nitrogens with zero attached hydrogens (tertiary/aromatic N) is 1. The highest BCUT2D eigenvalue weighted by Crippen LogP contribution is 2.43. The molecule has 0 radical (unpaired) electrons. The summed E-state index contributed by atoms with van der Waals surface area (Å²) < 4.78 is 6.52. The van der Waals surface area contributed by atoms with Crippen LogP contribution in [0.3, 0.4) is 0 Å². The van der Waals surface area contributed by atoms with Gasteiger partial charge in [-0.05, 0) is 64.7 Å². The molecule has 0 fully saturated rings. The lowest BCUT2D eigenvalue weighted by atomic mass is 9.96. The molecule has 8 rings (SSSR count). The van der Waals surface area contributed by atoms with E-state index in [2.05, 4.69) is 181 Å². The van der Waals surface area contributed by atoms with Crippen molar-refractivity contribution in [2.45, 2.75) is 0 Å². The van der Waals surface area contributed by atoms with Crippen LogP contribution in [0.4, 0.5) is 17.1 Å². The second-order valence-electron chi connectivity index (χ2n) is 11.4. The fraction of sp³-hybridized carbons (Fsp3) is 0. The second kappa shape index (κ2) is 12.1. The molecule has 46 heavy (non-hydrogen) atoms. The summed E-state index contributed by atoms with van der Waals surface area (Å²) >= 11 is 0. The van der Waals surface area contributed by atoms with Gasteiger partial charge in [0.1, 0.15) is 11.3 Å². The van der Waals surface area contributed by atoms with Gasteiger partial charge in [0.15, 0.2) is 0 Å². The van der Waals surface area contributed by atoms with Crippen molar-refractivity contribution in [1.29, 1.82) is 0 Å². The van der Waals surface area contributed by atoms with E-state index < -0.39 is 0 Å². The molecule has 0 aliphatic heterocycles. The summed E-state index contributed by atoms with van der Waals surface area (Å²) in [6, 6.07) is 66.1. The molecule has 0 N–H and O–H groups in total. The molecule has 0 unspecified atom stereocenters. The second-order valence-corrected chi connectivity index (χ2v) is 11.4. The van der Waals surface area contributed by atoms with Crippen LogP contribution in [0.15, 0.2) is 192 Å². The summed E-state index contributed by atoms with van der Waals surface area (Å²) in [5, 5.41) is 1.12. The lowest BCUT2D eigenvalue weighted by Gasteiger charge is -2.28. The first kappa shape index (κ1) is 27.4. The van der Waals surface area contributed by atoms with Crippen LogP contribution in [0.2, 0.25) is 0 Å². The van der Waals surface area contributed by atoms with Crippen LogP contribution in [0.5, 0.6) is 0 Å². The Labute approximate surface area is 269 Å². The molecule has 0 aliphatic rings. The Hall–Kier alpha value is -6.12. The van der Waals surface area contributed by atoms with Crippen molar-refractivity contribution in [1.82, 2.24) is 0 Å². The van der Waals surface area contributed by atoms with Gasteiger partial charge >= 0.3 is 0 Å². The fourth-order valence-electron chi connectivity index (χ4n) is 6.32. The summed E-state index contributed by atoms with van der Waals surface area (Å²) in [6.45, 7) is 0. The molecule has 2 nitrogen and oxygen atoms in total. The Morgan fingerprint density at radius 3 is 1.70 bits per heavy atom. The zero-order valence-electron chi connectivity index (χ0n) is 25.3. The van der Waals surface area contributed by atoms with Crippen LogP contribution in [-0.4, -0.2) is 0 Å². The summed E-state index contributed by atoms with van der Waals surface area (Å²) in [6.07, 6.45) is 0. The van der Waals surface area contributed by atoms with Gasteiger partial charge in [-0.1, -0.05) is 146 Å². The summed E-state index contributed by atoms with van der Waals surface area (Å²) in [5.74, 6) is 0.888. The van der Waals surface area contributed by atoms with E-state index in [1.54, 1.807) is 0 Å². The molecule has 0 saturated carbocycles. The average Bonchev–Trinajstić information content (AvgIpc) is 3.53. The van der Waals surface area contributed by atoms with Crippen LogP contribution < -0.4 is 4.90 Å². The minimum atomic E-state index is 0.888. The minimum absolute atomic E-state index is 0.888. The SMILES string of the molecule is c1ccc(-c2ccccc2N(c2ccccc2)c2ccc(-c3cccc(-c4oc5ccccc5c4-c4ccccc4)c3)cc2)cc1. The predicted molar refractivity (Wildman–Crippen MR) is 193 cm³/mol. The molecule has 7 aromatic carbocycles. The zero-order valence-corrected chi connectivity index (χ0v) is 25.3. The number of fused-ring (bicyclic) bond motifs is 1. The van der Waals surface area contributed by atoms with Gasteiger partial charge in [0.2, 0.25) is 0 Å². The van der Waals surface area contributed by atoms with Crippen LogP contribution in [-0.2, 0) is 0 Å². The standard InChI is InChI=1S/C44H31NO/c1-4-15-33(16-5-1)39-23-10-12-25-41(39)45(37-21-8-3-9-22-37)38-29-27-32(28-30-38)35-19-14-20-36(31-35)44-43(34-17-6-2-7-18-34)40-24-11-13-26-42(40)46-44/h1-31H. The van der Waals surface area contributed by atoms with Crippen LogP contribution in [0, 0.1) is 0 Å². The highest BCUT2D eigenvalue weighted by Gasteiger charge is 2.19. The Morgan fingerprint density at radius 2 is 0.935 bits per heavy atom. The van der Waals surface area contributed by atoms with Crippen molar-refractivity contribution in [2.75, 3.05) is 4.90 Å². The number of para-hydroxylation sites is 3. The summed E-state index contributed by atoms with van der Waals surface area (Å²) in [4.78, 5) is 2.34. The molecule has 1 heterocycles. The van der Waals surface area contributed by atoms with Crippen LogP contribution >= 0.6 is 0 Å². The van der Waals surface area contributed by atoms with Gasteiger partial charge in [-0.3, -0.25) is 0 Å². The van der Waals surface area contributed by atoms with E-state index in [0.29, 0.717) is 0 Å². The van der Waals surface area contributed by atoms with Gasteiger partial charge in [-0.25, -0.2) is 0 Å². The molecule has 2 heteroatoms. The van der Waals surface area contributed by atoms with E-state index in [4.69, 9.17) is 4.42 Å². The fourth-order valence-corrected chi connectivity index (χ4v) is 6.32. The zero-order chi connectivity index (χ0) is 30.7. The Bertz CT molecular complexity index is 2230. The average molecular weight is 590 g/mol. The third-order valence-electron chi connectivity index (χ3n) is 8.49. The minimum Gasteiger partial charge on any atom is -0.455 e. The number of hydrogen-bond acceptors (Lipinski definition) is 2. The monoisotopic (exact) mass is 589 g/mol. The van der Waals surface area contributed by atoms with E-state index in [0.717, 1.165) is 61.6 Å². The lowest BCUT2D eigenvalue weighted by Crippen LogP contribution is -2.11. The van der Waals surface area contributed by atoms with Gasteiger partial charge in [0.25, 0.3) is 0 Å². The maximum absolute atomic E-state index is 6.52. The van der Waals surface area contributed by atoms with Gasteiger partial charge in [0, 0.05) is 33.5 Å². The van der Waals surface area contributed by atoms with Crippen LogP contribution in [0.25, 0.3) is 55.7 Å². The van der Waals surface area contributed by atoms with Gasteiger partial charge < -0.3 is 9.32 Å².